The third-order valence-electron chi connectivity index (χ3n) is 3.53. The van der Waals surface area contributed by atoms with Crippen molar-refractivity contribution in [2.24, 2.45) is 5.73 Å². The number of hydrogen-bond acceptors (Lipinski definition) is 5. The predicted octanol–water partition coefficient (Wildman–Crippen LogP) is -1.97. The van der Waals surface area contributed by atoms with Crippen molar-refractivity contribution in [1.82, 2.24) is 15.5 Å². The molecule has 0 radical (unpaired) electrons. The first-order valence-corrected chi connectivity index (χ1v) is 7.11. The molecule has 1 aliphatic rings. The molecule has 0 spiro atoms. The van der Waals surface area contributed by atoms with Crippen molar-refractivity contribution in [3.8, 4) is 0 Å². The first kappa shape index (κ1) is 17.9. The van der Waals surface area contributed by atoms with Gasteiger partial charge in [0.25, 0.3) is 0 Å². The molecule has 0 saturated carbocycles. The molecule has 3 atom stereocenters. The van der Waals surface area contributed by atoms with Crippen LogP contribution in [-0.2, 0) is 19.2 Å². The van der Waals surface area contributed by atoms with Gasteiger partial charge in [0.05, 0.1) is 6.54 Å². The van der Waals surface area contributed by atoms with Crippen molar-refractivity contribution >= 4 is 23.7 Å². The van der Waals surface area contributed by atoms with Crippen molar-refractivity contribution in [3.05, 3.63) is 0 Å². The molecule has 0 bridgehead atoms. The molecule has 0 aromatic heterocycles. The fourth-order valence-electron chi connectivity index (χ4n) is 2.23. The summed E-state index contributed by atoms with van der Waals surface area (Å²) in [4.78, 5) is 47.7. The molecule has 22 heavy (non-hydrogen) atoms. The average molecular weight is 314 g/mol. The van der Waals surface area contributed by atoms with E-state index in [-0.39, 0.29) is 12.5 Å². The van der Waals surface area contributed by atoms with Crippen LogP contribution in [0.2, 0.25) is 0 Å². The number of carboxylic acids is 1. The molecule has 3 amide bonds. The number of likely N-dealkylation sites (tertiary alicyclic amines) is 1. The zero-order valence-corrected chi connectivity index (χ0v) is 12.7. The Morgan fingerprint density at radius 3 is 2.41 bits per heavy atom. The van der Waals surface area contributed by atoms with Gasteiger partial charge in [-0.2, -0.15) is 0 Å². The summed E-state index contributed by atoms with van der Waals surface area (Å²) < 4.78 is 0. The summed E-state index contributed by atoms with van der Waals surface area (Å²) in [5.41, 5.74) is 5.30. The SMILES string of the molecule is C[C@H](NC(=O)[C@H](C)NC(=O)[C@@H]1CCCN1C(=O)CN)C(=O)O. The lowest BCUT2D eigenvalue weighted by Crippen LogP contribution is -2.54. The lowest BCUT2D eigenvalue weighted by Gasteiger charge is -2.25. The standard InChI is InChI=1S/C13H22N4O5/c1-7(11(19)16-8(2)13(21)22)15-12(20)9-4-3-5-17(9)10(18)6-14/h7-9H,3-6,14H2,1-2H3,(H,15,20)(H,16,19)(H,21,22)/t7-,8-,9-/m0/s1. The molecule has 1 rings (SSSR count). The first-order chi connectivity index (χ1) is 10.3. The zero-order chi connectivity index (χ0) is 16.9. The highest BCUT2D eigenvalue weighted by molar-refractivity contribution is 5.93. The van der Waals surface area contributed by atoms with E-state index in [1.807, 2.05) is 0 Å². The average Bonchev–Trinajstić information content (AvgIpc) is 2.95. The smallest absolute Gasteiger partial charge is 0.325 e. The number of nitrogens with one attached hydrogen (secondary N) is 2. The highest BCUT2D eigenvalue weighted by Gasteiger charge is 2.34. The Morgan fingerprint density at radius 2 is 1.86 bits per heavy atom. The number of aliphatic carboxylic acids is 1. The fourth-order valence-corrected chi connectivity index (χ4v) is 2.23. The number of hydrogen-bond donors (Lipinski definition) is 4. The summed E-state index contributed by atoms with van der Waals surface area (Å²) in [6, 6.07) is -2.58. The Bertz CT molecular complexity index is 467. The molecule has 0 aliphatic carbocycles. The molecule has 0 aromatic rings. The molecular weight excluding hydrogens is 292 g/mol. The van der Waals surface area contributed by atoms with Crippen LogP contribution in [-0.4, -0.2) is 64.9 Å². The summed E-state index contributed by atoms with van der Waals surface area (Å²) in [5.74, 6) is -2.51. The maximum Gasteiger partial charge on any atom is 0.325 e. The van der Waals surface area contributed by atoms with Crippen molar-refractivity contribution < 1.29 is 24.3 Å². The van der Waals surface area contributed by atoms with E-state index in [0.717, 1.165) is 0 Å². The maximum atomic E-state index is 12.2. The van der Waals surface area contributed by atoms with Gasteiger partial charge >= 0.3 is 5.97 Å². The third-order valence-corrected chi connectivity index (χ3v) is 3.53. The van der Waals surface area contributed by atoms with Crippen LogP contribution >= 0.6 is 0 Å². The second-order valence-corrected chi connectivity index (χ2v) is 5.25. The quantitative estimate of drug-likeness (QED) is 0.448. The Labute approximate surface area is 128 Å². The van der Waals surface area contributed by atoms with E-state index in [4.69, 9.17) is 10.8 Å². The zero-order valence-electron chi connectivity index (χ0n) is 12.7. The van der Waals surface area contributed by atoms with Crippen LogP contribution < -0.4 is 16.4 Å². The second kappa shape index (κ2) is 7.74. The molecule has 1 heterocycles. The molecule has 5 N–H and O–H groups in total. The second-order valence-electron chi connectivity index (χ2n) is 5.25. The van der Waals surface area contributed by atoms with Crippen molar-refractivity contribution in [2.75, 3.05) is 13.1 Å². The monoisotopic (exact) mass is 314 g/mol. The summed E-state index contributed by atoms with van der Waals surface area (Å²) in [6.07, 6.45) is 1.21. The predicted molar refractivity (Wildman–Crippen MR) is 76.6 cm³/mol. The largest absolute Gasteiger partial charge is 0.480 e. The summed E-state index contributed by atoms with van der Waals surface area (Å²) in [6.45, 7) is 3.07. The van der Waals surface area contributed by atoms with E-state index in [1.54, 1.807) is 0 Å². The topological polar surface area (TPSA) is 142 Å². The molecule has 0 aromatic carbocycles. The van der Waals surface area contributed by atoms with Crippen molar-refractivity contribution in [2.45, 2.75) is 44.8 Å². The van der Waals surface area contributed by atoms with Gasteiger partial charge in [-0.3, -0.25) is 19.2 Å². The van der Waals surface area contributed by atoms with Gasteiger partial charge in [-0.05, 0) is 26.7 Å². The Morgan fingerprint density at radius 1 is 1.23 bits per heavy atom. The van der Waals surface area contributed by atoms with Crippen LogP contribution in [0.3, 0.4) is 0 Å². The number of carbonyl (C=O) groups excluding carboxylic acids is 3. The number of rotatable bonds is 6. The Balaban J connectivity index is 2.58. The third kappa shape index (κ3) is 4.42. The van der Waals surface area contributed by atoms with E-state index >= 15 is 0 Å². The summed E-state index contributed by atoms with van der Waals surface area (Å²) in [5, 5.41) is 13.5. The van der Waals surface area contributed by atoms with Crippen LogP contribution in [0.1, 0.15) is 26.7 Å². The minimum Gasteiger partial charge on any atom is -0.480 e. The van der Waals surface area contributed by atoms with Gasteiger partial charge < -0.3 is 26.4 Å². The summed E-state index contributed by atoms with van der Waals surface area (Å²) >= 11 is 0. The molecule has 124 valence electrons. The molecule has 9 nitrogen and oxygen atoms in total. The minimum atomic E-state index is -1.16. The van der Waals surface area contributed by atoms with Gasteiger partial charge in [0.15, 0.2) is 0 Å². The number of amides is 3. The maximum absolute atomic E-state index is 12.2. The van der Waals surface area contributed by atoms with Crippen molar-refractivity contribution in [1.29, 1.82) is 0 Å². The van der Waals surface area contributed by atoms with Gasteiger partial charge in [-0.15, -0.1) is 0 Å². The lowest BCUT2D eigenvalue weighted by atomic mass is 10.2. The number of nitrogens with two attached hydrogens (primary N) is 1. The van der Waals surface area contributed by atoms with Gasteiger partial charge in [0, 0.05) is 6.54 Å². The highest BCUT2D eigenvalue weighted by Crippen LogP contribution is 2.17. The fraction of sp³-hybridized carbons (Fsp3) is 0.692. The van der Waals surface area contributed by atoms with E-state index in [0.29, 0.717) is 19.4 Å². The van der Waals surface area contributed by atoms with E-state index < -0.39 is 35.9 Å². The van der Waals surface area contributed by atoms with E-state index in [9.17, 15) is 19.2 Å². The molecule has 9 heteroatoms. The minimum absolute atomic E-state index is 0.171. The van der Waals surface area contributed by atoms with Gasteiger partial charge in [0.2, 0.25) is 17.7 Å². The molecular formula is C13H22N4O5. The Kier molecular flexibility index (Phi) is 6.29. The first-order valence-electron chi connectivity index (χ1n) is 7.11. The van der Waals surface area contributed by atoms with E-state index in [1.165, 1.54) is 18.7 Å². The molecule has 1 fully saturated rings. The van der Waals surface area contributed by atoms with Crippen LogP contribution in [0.25, 0.3) is 0 Å². The normalized spacial score (nSPS) is 20.1. The van der Waals surface area contributed by atoms with Crippen LogP contribution in [0, 0.1) is 0 Å². The van der Waals surface area contributed by atoms with Crippen LogP contribution in [0.4, 0.5) is 0 Å². The Hall–Kier alpha value is -2.16. The van der Waals surface area contributed by atoms with Crippen LogP contribution in [0.15, 0.2) is 0 Å². The number of carboxylic acid groups (broad SMARTS) is 1. The van der Waals surface area contributed by atoms with Gasteiger partial charge in [-0.1, -0.05) is 0 Å². The highest BCUT2D eigenvalue weighted by atomic mass is 16.4. The van der Waals surface area contributed by atoms with E-state index in [2.05, 4.69) is 10.6 Å². The molecule has 1 aliphatic heterocycles. The number of nitrogens with zero attached hydrogens (tertiary/aromatic N) is 1. The van der Waals surface area contributed by atoms with Crippen molar-refractivity contribution in [3.63, 3.8) is 0 Å². The summed E-state index contributed by atoms with van der Waals surface area (Å²) in [7, 11) is 0. The molecule has 1 saturated heterocycles. The lowest BCUT2D eigenvalue weighted by molar-refractivity contribution is -0.142. The molecule has 0 unspecified atom stereocenters. The van der Waals surface area contributed by atoms with Gasteiger partial charge in [0.1, 0.15) is 18.1 Å². The number of carbonyl (C=O) groups is 4. The van der Waals surface area contributed by atoms with Gasteiger partial charge in [-0.25, -0.2) is 0 Å². The van der Waals surface area contributed by atoms with Crippen LogP contribution in [0.5, 0.6) is 0 Å².